The third-order valence-electron chi connectivity index (χ3n) is 10.3. The molecule has 0 aromatic rings. The molecule has 0 radical (unpaired) electrons. The lowest BCUT2D eigenvalue weighted by Gasteiger charge is -2.57. The van der Waals surface area contributed by atoms with Crippen molar-refractivity contribution < 1.29 is 0 Å². The first-order valence-corrected chi connectivity index (χ1v) is 13.0. The zero-order valence-electron chi connectivity index (χ0n) is 16.1. The highest BCUT2D eigenvalue weighted by Crippen LogP contribution is 2.61. The number of hydrogen-bond acceptors (Lipinski definition) is 1. The second kappa shape index (κ2) is 6.46. The van der Waals surface area contributed by atoms with Crippen molar-refractivity contribution in [2.24, 2.45) is 53.3 Å². The van der Waals surface area contributed by atoms with Gasteiger partial charge in [0.25, 0.3) is 0 Å². The molecule has 25 heavy (non-hydrogen) atoms. The maximum absolute atomic E-state index is 2.36. The Labute approximate surface area is 159 Å². The highest BCUT2D eigenvalue weighted by molar-refractivity contribution is 8.00. The van der Waals surface area contributed by atoms with Gasteiger partial charge in [-0.05, 0) is 123 Å². The van der Waals surface area contributed by atoms with Gasteiger partial charge >= 0.3 is 0 Å². The summed E-state index contributed by atoms with van der Waals surface area (Å²) in [4.78, 5) is 0. The molecule has 0 nitrogen and oxygen atoms in total. The first kappa shape index (κ1) is 16.3. The van der Waals surface area contributed by atoms with Gasteiger partial charge in [-0.2, -0.15) is 11.8 Å². The van der Waals surface area contributed by atoms with Gasteiger partial charge in [0, 0.05) is 5.25 Å². The van der Waals surface area contributed by atoms with E-state index in [9.17, 15) is 0 Å². The number of rotatable bonds is 0. The normalized spacial score (nSPS) is 57.6. The molecule has 5 saturated carbocycles. The van der Waals surface area contributed by atoms with Crippen LogP contribution in [0.5, 0.6) is 0 Å². The SMILES string of the molecule is C1CCC2C(C1)CCC1CC3CCC4CC5CCSC5CC4C3CC12. The van der Waals surface area contributed by atoms with Gasteiger partial charge < -0.3 is 0 Å². The molecule has 0 aromatic carbocycles. The molecule has 10 unspecified atom stereocenters. The van der Waals surface area contributed by atoms with Crippen molar-refractivity contribution in [1.29, 1.82) is 0 Å². The maximum atomic E-state index is 2.36. The first-order valence-electron chi connectivity index (χ1n) is 12.0. The summed E-state index contributed by atoms with van der Waals surface area (Å²) in [7, 11) is 0. The Bertz CT molecular complexity index is 500. The average molecular weight is 359 g/mol. The van der Waals surface area contributed by atoms with Crippen LogP contribution in [0.4, 0.5) is 0 Å². The van der Waals surface area contributed by atoms with Gasteiger partial charge in [0.1, 0.15) is 0 Å². The van der Waals surface area contributed by atoms with Crippen molar-refractivity contribution >= 4 is 11.8 Å². The zero-order chi connectivity index (χ0) is 16.4. The third-order valence-corrected chi connectivity index (χ3v) is 11.8. The summed E-state index contributed by atoms with van der Waals surface area (Å²) in [5.74, 6) is 11.8. The Kier molecular flexibility index (Phi) is 4.21. The monoisotopic (exact) mass is 358 g/mol. The van der Waals surface area contributed by atoms with E-state index in [0.717, 1.165) is 58.5 Å². The van der Waals surface area contributed by atoms with Crippen LogP contribution >= 0.6 is 11.8 Å². The maximum Gasteiger partial charge on any atom is 0.00785 e. The standard InChI is InChI=1S/C24H38S/c1-2-4-20-15(3-1)5-6-16-11-17-7-8-18-12-19-9-10-25-24(19)14-23(18)22(17)13-21(16)20/h15-24H,1-14H2. The lowest BCUT2D eigenvalue weighted by Crippen LogP contribution is -2.49. The van der Waals surface area contributed by atoms with Crippen LogP contribution in [-0.4, -0.2) is 11.0 Å². The van der Waals surface area contributed by atoms with E-state index in [4.69, 9.17) is 0 Å². The van der Waals surface area contributed by atoms with Gasteiger partial charge in [0.2, 0.25) is 0 Å². The van der Waals surface area contributed by atoms with Crippen molar-refractivity contribution in [3.8, 4) is 0 Å². The quantitative estimate of drug-likeness (QED) is 0.459. The summed E-state index contributed by atoms with van der Waals surface area (Å²) in [6.07, 6.45) is 20.9. The van der Waals surface area contributed by atoms with Crippen LogP contribution in [0.3, 0.4) is 0 Å². The lowest BCUT2D eigenvalue weighted by molar-refractivity contribution is -0.0672. The minimum Gasteiger partial charge on any atom is -0.158 e. The van der Waals surface area contributed by atoms with E-state index >= 15 is 0 Å². The minimum atomic E-state index is 1.08. The van der Waals surface area contributed by atoms with Crippen molar-refractivity contribution in [1.82, 2.24) is 0 Å². The van der Waals surface area contributed by atoms with E-state index in [1.807, 2.05) is 0 Å². The summed E-state index contributed by atoms with van der Waals surface area (Å²) < 4.78 is 0. The van der Waals surface area contributed by atoms with Crippen molar-refractivity contribution in [3.05, 3.63) is 0 Å². The fraction of sp³-hybridized carbons (Fsp3) is 1.00. The van der Waals surface area contributed by atoms with Crippen molar-refractivity contribution in [2.75, 3.05) is 5.75 Å². The van der Waals surface area contributed by atoms with Crippen molar-refractivity contribution in [2.45, 2.75) is 88.7 Å². The smallest absolute Gasteiger partial charge is 0.00785 e. The van der Waals surface area contributed by atoms with Crippen LogP contribution in [0.2, 0.25) is 0 Å². The topological polar surface area (TPSA) is 0 Å². The fourth-order valence-electron chi connectivity index (χ4n) is 9.27. The molecule has 1 heteroatoms. The molecule has 0 amide bonds. The summed E-state index contributed by atoms with van der Waals surface area (Å²) in [6, 6.07) is 0. The summed E-state index contributed by atoms with van der Waals surface area (Å²) in [6.45, 7) is 0. The van der Waals surface area contributed by atoms with Crippen LogP contribution in [-0.2, 0) is 0 Å². The second-order valence-electron chi connectivity index (χ2n) is 11.0. The molecule has 140 valence electrons. The summed E-state index contributed by atoms with van der Waals surface area (Å²) >= 11 is 2.36. The predicted molar refractivity (Wildman–Crippen MR) is 108 cm³/mol. The molecule has 1 aliphatic heterocycles. The molecule has 0 aromatic heterocycles. The van der Waals surface area contributed by atoms with E-state index in [1.165, 1.54) is 5.75 Å². The zero-order valence-corrected chi connectivity index (χ0v) is 16.9. The summed E-state index contributed by atoms with van der Waals surface area (Å²) in [5.41, 5.74) is 0. The molecule has 6 fully saturated rings. The molecule has 1 saturated heterocycles. The molecule has 0 spiro atoms. The highest BCUT2D eigenvalue weighted by Gasteiger charge is 2.52. The Balaban J connectivity index is 1.23. The summed E-state index contributed by atoms with van der Waals surface area (Å²) in [5, 5.41) is 1.08. The van der Waals surface area contributed by atoms with Gasteiger partial charge in [-0.1, -0.05) is 19.3 Å². The largest absolute Gasteiger partial charge is 0.158 e. The first-order chi connectivity index (χ1) is 12.4. The van der Waals surface area contributed by atoms with Crippen LogP contribution < -0.4 is 0 Å². The Morgan fingerprint density at radius 3 is 1.92 bits per heavy atom. The fourth-order valence-corrected chi connectivity index (χ4v) is 10.9. The minimum absolute atomic E-state index is 1.08. The van der Waals surface area contributed by atoms with Gasteiger partial charge in [-0.15, -0.1) is 0 Å². The highest BCUT2D eigenvalue weighted by atomic mass is 32.2. The van der Waals surface area contributed by atoms with Crippen LogP contribution in [0.1, 0.15) is 83.5 Å². The van der Waals surface area contributed by atoms with Gasteiger partial charge in [-0.25, -0.2) is 0 Å². The predicted octanol–water partition coefficient (Wildman–Crippen LogP) is 6.79. The molecule has 6 rings (SSSR count). The Hall–Kier alpha value is 0.350. The van der Waals surface area contributed by atoms with E-state index in [1.54, 1.807) is 83.5 Å². The van der Waals surface area contributed by atoms with E-state index < -0.39 is 0 Å². The van der Waals surface area contributed by atoms with Gasteiger partial charge in [0.05, 0.1) is 0 Å². The van der Waals surface area contributed by atoms with Crippen LogP contribution in [0.15, 0.2) is 0 Å². The number of thioether (sulfide) groups is 1. The molecular weight excluding hydrogens is 320 g/mol. The lowest BCUT2D eigenvalue weighted by atomic mass is 9.49. The van der Waals surface area contributed by atoms with E-state index in [0.29, 0.717) is 0 Å². The van der Waals surface area contributed by atoms with Crippen LogP contribution in [0, 0.1) is 53.3 Å². The Morgan fingerprint density at radius 1 is 0.440 bits per heavy atom. The molecule has 10 atom stereocenters. The van der Waals surface area contributed by atoms with Crippen LogP contribution in [0.25, 0.3) is 0 Å². The molecular formula is C24H38S. The molecule has 1 heterocycles. The van der Waals surface area contributed by atoms with E-state index in [-0.39, 0.29) is 0 Å². The molecule has 6 aliphatic rings. The average Bonchev–Trinajstić information content (AvgIpc) is 3.12. The third kappa shape index (κ3) is 2.68. The van der Waals surface area contributed by atoms with Gasteiger partial charge in [0.15, 0.2) is 0 Å². The number of fused-ring (bicyclic) bond motifs is 7. The Morgan fingerprint density at radius 2 is 1.08 bits per heavy atom. The van der Waals surface area contributed by atoms with E-state index in [2.05, 4.69) is 11.8 Å². The van der Waals surface area contributed by atoms with Gasteiger partial charge in [-0.3, -0.25) is 0 Å². The molecule has 5 aliphatic carbocycles. The number of hydrogen-bond donors (Lipinski definition) is 0. The van der Waals surface area contributed by atoms with Crippen molar-refractivity contribution in [3.63, 3.8) is 0 Å². The molecule has 0 N–H and O–H groups in total. The molecule has 0 bridgehead atoms. The second-order valence-corrected chi connectivity index (χ2v) is 12.4.